The summed E-state index contributed by atoms with van der Waals surface area (Å²) >= 11 is 1.64. The first kappa shape index (κ1) is 26.3. The summed E-state index contributed by atoms with van der Waals surface area (Å²) in [6.07, 6.45) is 2.00. The van der Waals surface area contributed by atoms with E-state index in [4.69, 9.17) is 14.5 Å². The first-order valence-corrected chi connectivity index (χ1v) is 14.9. The number of aliphatic carboxylic acids is 1. The Bertz CT molecular complexity index is 1320. The molecule has 206 valence electrons. The van der Waals surface area contributed by atoms with E-state index in [9.17, 15) is 9.90 Å². The molecule has 2 unspecified atom stereocenters. The normalized spacial score (nSPS) is 23.2. The van der Waals surface area contributed by atoms with Crippen LogP contribution in [0.2, 0.25) is 0 Å². The number of thiazole rings is 1. The minimum atomic E-state index is -0.634. The summed E-state index contributed by atoms with van der Waals surface area (Å²) < 4.78 is 12.0. The third-order valence-corrected chi connectivity index (χ3v) is 9.56. The van der Waals surface area contributed by atoms with Gasteiger partial charge in [0.25, 0.3) is 0 Å². The minimum Gasteiger partial charge on any atom is -0.488 e. The lowest BCUT2D eigenvalue weighted by atomic mass is 9.85. The average Bonchev–Trinajstić information content (AvgIpc) is 3.52. The third-order valence-electron chi connectivity index (χ3n) is 8.66. The van der Waals surface area contributed by atoms with Crippen molar-refractivity contribution < 1.29 is 19.4 Å². The number of hydrogen-bond donors (Lipinski definition) is 1. The second-order valence-corrected chi connectivity index (χ2v) is 12.1. The van der Waals surface area contributed by atoms with E-state index < -0.39 is 5.97 Å². The van der Waals surface area contributed by atoms with E-state index in [-0.39, 0.29) is 17.8 Å². The minimum absolute atomic E-state index is 0.200. The molecule has 3 atom stereocenters. The fourth-order valence-corrected chi connectivity index (χ4v) is 7.39. The number of anilines is 1. The molecule has 0 amide bonds. The van der Waals surface area contributed by atoms with Gasteiger partial charge in [0.2, 0.25) is 0 Å². The van der Waals surface area contributed by atoms with Gasteiger partial charge in [0.1, 0.15) is 12.4 Å². The lowest BCUT2D eigenvalue weighted by molar-refractivity contribution is -0.144. The highest BCUT2D eigenvalue weighted by Crippen LogP contribution is 2.44. The number of para-hydroxylation sites is 1. The number of carbonyl (C=O) groups is 1. The van der Waals surface area contributed by atoms with Gasteiger partial charge in [-0.15, -0.1) is 11.3 Å². The van der Waals surface area contributed by atoms with Gasteiger partial charge in [-0.1, -0.05) is 30.3 Å². The van der Waals surface area contributed by atoms with Crippen molar-refractivity contribution in [3.63, 3.8) is 0 Å². The highest BCUT2D eigenvalue weighted by Gasteiger charge is 2.46. The zero-order chi connectivity index (χ0) is 26.9. The van der Waals surface area contributed by atoms with Crippen molar-refractivity contribution in [1.29, 1.82) is 0 Å². The van der Waals surface area contributed by atoms with Crippen molar-refractivity contribution in [1.82, 2.24) is 9.88 Å². The summed E-state index contributed by atoms with van der Waals surface area (Å²) in [4.78, 5) is 21.5. The molecule has 7 nitrogen and oxygen atoms in total. The number of benzene rings is 2. The maximum absolute atomic E-state index is 11.7. The highest BCUT2D eigenvalue weighted by atomic mass is 32.1. The molecule has 1 aliphatic carbocycles. The second kappa shape index (κ2) is 11.3. The first-order chi connectivity index (χ1) is 19.0. The first-order valence-electron chi connectivity index (χ1n) is 14.0. The second-order valence-electron chi connectivity index (χ2n) is 11.3. The Labute approximate surface area is 234 Å². The van der Waals surface area contributed by atoms with Crippen LogP contribution in [0.15, 0.2) is 41.8 Å². The number of ether oxygens (including phenoxy) is 2. The zero-order valence-electron chi connectivity index (χ0n) is 22.8. The SMILES string of the molecule is Cc1cc(CN2CCOCC2)ccc1COc1c(C)cccc1-c1csc(N2CC3CC[C@@H](C2)C3C(=O)O)n1. The molecule has 3 aliphatic rings. The molecule has 2 aromatic carbocycles. The number of aromatic nitrogens is 1. The summed E-state index contributed by atoms with van der Waals surface area (Å²) in [5.41, 5.74) is 6.76. The van der Waals surface area contributed by atoms with Crippen LogP contribution < -0.4 is 9.64 Å². The van der Waals surface area contributed by atoms with Crippen LogP contribution in [0.3, 0.4) is 0 Å². The Morgan fingerprint density at radius 1 is 1.10 bits per heavy atom. The fraction of sp³-hybridized carbons (Fsp3) is 0.484. The van der Waals surface area contributed by atoms with E-state index in [0.717, 1.165) is 86.5 Å². The maximum Gasteiger partial charge on any atom is 0.307 e. The van der Waals surface area contributed by atoms with Gasteiger partial charge in [0.15, 0.2) is 5.13 Å². The highest BCUT2D eigenvalue weighted by molar-refractivity contribution is 7.14. The van der Waals surface area contributed by atoms with E-state index in [2.05, 4.69) is 65.4 Å². The van der Waals surface area contributed by atoms with Crippen LogP contribution in [0, 0.1) is 31.6 Å². The van der Waals surface area contributed by atoms with E-state index in [1.807, 2.05) is 0 Å². The van der Waals surface area contributed by atoms with Gasteiger partial charge in [0, 0.05) is 43.7 Å². The van der Waals surface area contributed by atoms with Crippen molar-refractivity contribution in [2.24, 2.45) is 17.8 Å². The Morgan fingerprint density at radius 2 is 1.87 bits per heavy atom. The zero-order valence-corrected chi connectivity index (χ0v) is 23.6. The van der Waals surface area contributed by atoms with Crippen LogP contribution in [0.1, 0.15) is 35.1 Å². The number of carboxylic acid groups (broad SMARTS) is 1. The summed E-state index contributed by atoms with van der Waals surface area (Å²) in [6.45, 7) is 10.9. The van der Waals surface area contributed by atoms with Crippen molar-refractivity contribution >= 4 is 22.4 Å². The van der Waals surface area contributed by atoms with Gasteiger partial charge in [-0.05, 0) is 66.8 Å². The molecular formula is C31H37N3O4S. The van der Waals surface area contributed by atoms with Crippen molar-refractivity contribution in [2.45, 2.75) is 39.8 Å². The summed E-state index contributed by atoms with van der Waals surface area (Å²) in [7, 11) is 0. The van der Waals surface area contributed by atoms with Crippen LogP contribution in [0.5, 0.6) is 5.75 Å². The van der Waals surface area contributed by atoms with Gasteiger partial charge >= 0.3 is 5.97 Å². The van der Waals surface area contributed by atoms with Crippen molar-refractivity contribution in [3.05, 3.63) is 64.0 Å². The van der Waals surface area contributed by atoms with Gasteiger partial charge in [-0.3, -0.25) is 9.69 Å². The molecule has 3 fully saturated rings. The Kier molecular flexibility index (Phi) is 7.60. The third kappa shape index (κ3) is 5.55. The maximum atomic E-state index is 11.7. The predicted molar refractivity (Wildman–Crippen MR) is 153 cm³/mol. The van der Waals surface area contributed by atoms with Gasteiger partial charge in [0.05, 0.1) is 24.8 Å². The lowest BCUT2D eigenvalue weighted by Crippen LogP contribution is -2.44. The van der Waals surface area contributed by atoms with Crippen molar-refractivity contribution in [3.8, 4) is 17.0 Å². The molecule has 2 saturated heterocycles. The molecule has 2 bridgehead atoms. The topological polar surface area (TPSA) is 75.1 Å². The fourth-order valence-electron chi connectivity index (χ4n) is 6.55. The monoisotopic (exact) mass is 547 g/mol. The largest absolute Gasteiger partial charge is 0.488 e. The van der Waals surface area contributed by atoms with Gasteiger partial charge < -0.3 is 19.5 Å². The summed E-state index contributed by atoms with van der Waals surface area (Å²) in [5, 5.41) is 12.7. The van der Waals surface area contributed by atoms with E-state index >= 15 is 0 Å². The average molecular weight is 548 g/mol. The van der Waals surface area contributed by atoms with E-state index in [1.165, 1.54) is 16.7 Å². The number of piperidine rings is 1. The van der Waals surface area contributed by atoms with Gasteiger partial charge in [-0.25, -0.2) is 4.98 Å². The quantitative estimate of drug-likeness (QED) is 0.406. The lowest BCUT2D eigenvalue weighted by Gasteiger charge is -2.35. The number of rotatable bonds is 8. The molecule has 3 aromatic rings. The van der Waals surface area contributed by atoms with Crippen LogP contribution in [-0.2, 0) is 22.7 Å². The van der Waals surface area contributed by atoms with Gasteiger partial charge in [-0.2, -0.15) is 0 Å². The summed E-state index contributed by atoms with van der Waals surface area (Å²) in [6, 6.07) is 12.9. The molecule has 2 aliphatic heterocycles. The van der Waals surface area contributed by atoms with Crippen molar-refractivity contribution in [2.75, 3.05) is 44.3 Å². The molecule has 1 N–H and O–H groups in total. The summed E-state index contributed by atoms with van der Waals surface area (Å²) in [5.74, 6) is 0.473. The van der Waals surface area contributed by atoms with Crippen LogP contribution in [0.4, 0.5) is 5.13 Å². The number of morpholine rings is 1. The molecule has 0 spiro atoms. The number of nitrogens with zero attached hydrogens (tertiary/aromatic N) is 3. The molecule has 8 heteroatoms. The molecule has 1 aromatic heterocycles. The Balaban J connectivity index is 1.15. The molecule has 0 radical (unpaired) electrons. The molecule has 3 heterocycles. The number of carboxylic acids is 1. The molecular weight excluding hydrogens is 510 g/mol. The Morgan fingerprint density at radius 3 is 2.59 bits per heavy atom. The standard InChI is InChI=1S/C31H37N3O4S/c1-20-4-3-5-26(27-19-39-31(32-27)34-16-23-8-9-24(17-34)28(23)30(35)36)29(20)38-18-25-7-6-22(14-21(25)2)15-33-10-12-37-13-11-33/h3-7,14,19,23-24,28H,8-13,15-18H2,1-2H3,(H,35,36)/t23-,24?,28?/m0/s1. The smallest absolute Gasteiger partial charge is 0.307 e. The van der Waals surface area contributed by atoms with Crippen LogP contribution in [-0.4, -0.2) is 60.4 Å². The van der Waals surface area contributed by atoms with Crippen LogP contribution >= 0.6 is 11.3 Å². The number of aryl methyl sites for hydroxylation is 2. The number of hydrogen-bond acceptors (Lipinski definition) is 7. The predicted octanol–water partition coefficient (Wildman–Crippen LogP) is 5.39. The van der Waals surface area contributed by atoms with E-state index in [0.29, 0.717) is 6.61 Å². The number of fused-ring (bicyclic) bond motifs is 2. The molecule has 1 saturated carbocycles. The molecule has 39 heavy (non-hydrogen) atoms. The van der Waals surface area contributed by atoms with E-state index in [1.54, 1.807) is 11.3 Å². The molecule has 6 rings (SSSR count). The Hall–Kier alpha value is -2.94. The van der Waals surface area contributed by atoms with Crippen LogP contribution in [0.25, 0.3) is 11.3 Å².